The number of aryl methyl sites for hydroxylation is 4. The summed E-state index contributed by atoms with van der Waals surface area (Å²) in [6.45, 7) is 18.9. The second-order valence-corrected chi connectivity index (χ2v) is 12.2. The minimum Gasteiger partial charge on any atom is -0.471 e. The predicted molar refractivity (Wildman–Crippen MR) is 160 cm³/mol. The molecule has 6 nitrogen and oxygen atoms in total. The molecule has 1 saturated heterocycles. The van der Waals surface area contributed by atoms with Gasteiger partial charge in [-0.2, -0.15) is 4.98 Å². The first-order valence-corrected chi connectivity index (χ1v) is 14.2. The van der Waals surface area contributed by atoms with E-state index in [1.54, 1.807) is 0 Å². The summed E-state index contributed by atoms with van der Waals surface area (Å²) < 4.78 is 6.63. The minimum absolute atomic E-state index is 0. The first-order valence-electron chi connectivity index (χ1n) is 14.2. The van der Waals surface area contributed by atoms with E-state index in [1.165, 1.54) is 11.1 Å². The van der Waals surface area contributed by atoms with Gasteiger partial charge in [-0.1, -0.05) is 56.7 Å². The lowest BCUT2D eigenvalue weighted by molar-refractivity contribution is 0.0468. The highest BCUT2D eigenvalue weighted by Gasteiger charge is 2.27. The zero-order chi connectivity index (χ0) is 28.2. The molecule has 1 aliphatic rings. The van der Waals surface area contributed by atoms with Crippen molar-refractivity contribution >= 4 is 5.91 Å². The van der Waals surface area contributed by atoms with Gasteiger partial charge in [0.25, 0.3) is 5.91 Å². The Kier molecular flexibility index (Phi) is 9.06. The molecule has 1 amide bonds. The predicted octanol–water partition coefficient (Wildman–Crippen LogP) is 6.65. The van der Waals surface area contributed by atoms with Crippen molar-refractivity contribution in [2.24, 2.45) is 5.41 Å². The maximum absolute atomic E-state index is 13.6. The largest absolute Gasteiger partial charge is 0.471 e. The molecule has 0 radical (unpaired) electrons. The van der Waals surface area contributed by atoms with Crippen LogP contribution in [-0.2, 0) is 0 Å². The number of amides is 1. The molecule has 4 rings (SSSR count). The van der Waals surface area contributed by atoms with E-state index in [-0.39, 0.29) is 18.9 Å². The van der Waals surface area contributed by atoms with Crippen LogP contribution in [0.3, 0.4) is 0 Å². The number of carbonyl (C=O) groups is 1. The van der Waals surface area contributed by atoms with Gasteiger partial charge in [-0.25, -0.2) is 4.98 Å². The third kappa shape index (κ3) is 7.89. The Morgan fingerprint density at radius 2 is 1.69 bits per heavy atom. The van der Waals surface area contributed by atoms with Crippen molar-refractivity contribution in [3.8, 4) is 17.1 Å². The van der Waals surface area contributed by atoms with Crippen molar-refractivity contribution in [1.29, 1.82) is 0 Å². The molecular formula is C33H46N4O2. The van der Waals surface area contributed by atoms with E-state index in [1.807, 2.05) is 49.1 Å². The highest BCUT2D eigenvalue weighted by molar-refractivity contribution is 5.94. The fraction of sp³-hybridized carbons (Fsp3) is 0.485. The third-order valence-electron chi connectivity index (χ3n) is 7.36. The number of benzene rings is 2. The molecule has 2 aromatic carbocycles. The maximum atomic E-state index is 13.6. The minimum atomic E-state index is -0.209. The number of carbonyl (C=O) groups excluding carboxylic acids is 1. The number of hydrogen-bond acceptors (Lipinski definition) is 5. The number of aromatic nitrogens is 2. The van der Waals surface area contributed by atoms with Gasteiger partial charge >= 0.3 is 0 Å². The Morgan fingerprint density at radius 1 is 0.974 bits per heavy atom. The molecule has 0 aliphatic carbocycles. The van der Waals surface area contributed by atoms with Gasteiger partial charge in [-0.05, 0) is 82.3 Å². The Hall–Kier alpha value is -3.25. The van der Waals surface area contributed by atoms with Crippen molar-refractivity contribution in [2.75, 3.05) is 32.7 Å². The second-order valence-electron chi connectivity index (χ2n) is 12.2. The fourth-order valence-electron chi connectivity index (χ4n) is 5.29. The SMILES string of the molecule is Cc1cccc(C(=O)N2CCCN(CCC(C)(C)C)CC(Oc3cc(-c4c(C)cccc4C)nc(C)n3)C2)c1.[HH]. The fourth-order valence-corrected chi connectivity index (χ4v) is 5.29. The molecule has 0 bridgehead atoms. The molecular weight excluding hydrogens is 484 g/mol. The van der Waals surface area contributed by atoms with Crippen LogP contribution in [0.2, 0.25) is 0 Å². The molecule has 210 valence electrons. The van der Waals surface area contributed by atoms with Gasteiger partial charge in [0.05, 0.1) is 12.2 Å². The van der Waals surface area contributed by atoms with Crippen LogP contribution in [0.5, 0.6) is 5.88 Å². The molecule has 39 heavy (non-hydrogen) atoms. The Labute approximate surface area is 235 Å². The third-order valence-corrected chi connectivity index (χ3v) is 7.36. The molecule has 3 aromatic rings. The van der Waals surface area contributed by atoms with E-state index >= 15 is 0 Å². The van der Waals surface area contributed by atoms with Crippen molar-refractivity contribution in [2.45, 2.75) is 67.4 Å². The zero-order valence-corrected chi connectivity index (χ0v) is 24.8. The number of ether oxygens (including phenoxy) is 1. The lowest BCUT2D eigenvalue weighted by atomic mass is 9.92. The first kappa shape index (κ1) is 28.8. The van der Waals surface area contributed by atoms with E-state index in [0.29, 0.717) is 24.8 Å². The van der Waals surface area contributed by atoms with E-state index in [4.69, 9.17) is 9.72 Å². The molecule has 1 aromatic heterocycles. The first-order chi connectivity index (χ1) is 18.5. The molecule has 6 heteroatoms. The van der Waals surface area contributed by atoms with Crippen LogP contribution in [0.1, 0.15) is 67.9 Å². The van der Waals surface area contributed by atoms with E-state index in [2.05, 4.69) is 62.7 Å². The molecule has 1 fully saturated rings. The normalized spacial score (nSPS) is 17.0. The molecule has 0 N–H and O–H groups in total. The van der Waals surface area contributed by atoms with E-state index in [9.17, 15) is 4.79 Å². The van der Waals surface area contributed by atoms with Crippen molar-refractivity contribution in [3.63, 3.8) is 0 Å². The Bertz CT molecular complexity index is 1280. The summed E-state index contributed by atoms with van der Waals surface area (Å²) in [7, 11) is 0. The van der Waals surface area contributed by atoms with E-state index in [0.717, 1.165) is 54.9 Å². The quantitative estimate of drug-likeness (QED) is 0.357. The Balaban J connectivity index is 0.00000441. The van der Waals surface area contributed by atoms with Crippen LogP contribution < -0.4 is 4.74 Å². The standard InChI is InChI=1S/C33H44N4O2.H2/c1-23-11-8-14-27(19-23)32(38)37-17-10-16-36(18-15-33(5,6)7)21-28(22-37)39-30-20-29(34-26(4)35-30)31-24(2)12-9-13-25(31)3;/h8-9,11-14,19-20,28H,10,15-18,21-22H2,1-7H3;1H. The lowest BCUT2D eigenvalue weighted by Crippen LogP contribution is -2.49. The van der Waals surface area contributed by atoms with Crippen molar-refractivity contribution in [3.05, 3.63) is 76.6 Å². The molecule has 2 heterocycles. The number of hydrogen-bond donors (Lipinski definition) is 0. The summed E-state index contributed by atoms with van der Waals surface area (Å²) in [6, 6.07) is 16.1. The van der Waals surface area contributed by atoms with Crippen molar-refractivity contribution < 1.29 is 11.0 Å². The molecule has 0 spiro atoms. The summed E-state index contributed by atoms with van der Waals surface area (Å²) in [6.07, 6.45) is 1.84. The van der Waals surface area contributed by atoms with Crippen LogP contribution in [-0.4, -0.2) is 64.5 Å². The lowest BCUT2D eigenvalue weighted by Gasteiger charge is -2.36. The van der Waals surface area contributed by atoms with Gasteiger partial charge in [0.15, 0.2) is 0 Å². The molecule has 1 unspecified atom stereocenters. The van der Waals surface area contributed by atoms with Crippen LogP contribution in [0.25, 0.3) is 11.3 Å². The van der Waals surface area contributed by atoms with Gasteiger partial charge in [0.1, 0.15) is 11.9 Å². The van der Waals surface area contributed by atoms with Gasteiger partial charge in [0.2, 0.25) is 5.88 Å². The van der Waals surface area contributed by atoms with Gasteiger partial charge in [-0.3, -0.25) is 9.69 Å². The highest BCUT2D eigenvalue weighted by atomic mass is 16.5. The monoisotopic (exact) mass is 530 g/mol. The molecule has 0 saturated carbocycles. The summed E-state index contributed by atoms with van der Waals surface area (Å²) in [5.41, 5.74) is 6.42. The highest BCUT2D eigenvalue weighted by Crippen LogP contribution is 2.28. The van der Waals surface area contributed by atoms with Gasteiger partial charge < -0.3 is 9.64 Å². The summed E-state index contributed by atoms with van der Waals surface area (Å²) in [5.74, 6) is 1.29. The van der Waals surface area contributed by atoms with Gasteiger partial charge in [-0.15, -0.1) is 0 Å². The smallest absolute Gasteiger partial charge is 0.253 e. The average molecular weight is 531 g/mol. The second kappa shape index (κ2) is 12.3. The maximum Gasteiger partial charge on any atom is 0.253 e. The number of rotatable bonds is 6. The molecule has 1 atom stereocenters. The molecule has 1 aliphatic heterocycles. The Morgan fingerprint density at radius 3 is 2.38 bits per heavy atom. The van der Waals surface area contributed by atoms with Crippen LogP contribution in [0.15, 0.2) is 48.5 Å². The van der Waals surface area contributed by atoms with Crippen LogP contribution in [0, 0.1) is 33.1 Å². The number of nitrogens with zero attached hydrogens (tertiary/aromatic N) is 4. The van der Waals surface area contributed by atoms with Crippen molar-refractivity contribution in [1.82, 2.24) is 19.8 Å². The summed E-state index contributed by atoms with van der Waals surface area (Å²) >= 11 is 0. The van der Waals surface area contributed by atoms with E-state index < -0.39 is 0 Å². The van der Waals surface area contributed by atoms with Crippen LogP contribution >= 0.6 is 0 Å². The van der Waals surface area contributed by atoms with Gasteiger partial charge in [0, 0.05) is 31.7 Å². The zero-order valence-electron chi connectivity index (χ0n) is 24.8. The topological polar surface area (TPSA) is 58.6 Å². The average Bonchev–Trinajstić information content (AvgIpc) is 2.83. The summed E-state index contributed by atoms with van der Waals surface area (Å²) in [5, 5.41) is 0. The summed E-state index contributed by atoms with van der Waals surface area (Å²) in [4.78, 5) is 27.4. The van der Waals surface area contributed by atoms with Crippen LogP contribution in [0.4, 0.5) is 0 Å².